The Morgan fingerprint density at radius 1 is 1.18 bits per heavy atom. The van der Waals surface area contributed by atoms with Gasteiger partial charge in [-0.05, 0) is 44.0 Å². The fourth-order valence-electron chi connectivity index (χ4n) is 2.29. The van der Waals surface area contributed by atoms with Crippen LogP contribution in [0.3, 0.4) is 0 Å². The zero-order chi connectivity index (χ0) is 13.1. The fraction of sp³-hybridized carbons (Fsp3) is 1.00. The molecule has 1 heterocycles. The summed E-state index contributed by atoms with van der Waals surface area (Å²) >= 11 is 1.97. The van der Waals surface area contributed by atoms with Crippen molar-refractivity contribution in [2.75, 3.05) is 31.6 Å². The third-order valence-electron chi connectivity index (χ3n) is 3.47. The minimum atomic E-state index is 0.888. The van der Waals surface area contributed by atoms with Gasteiger partial charge in [0.05, 0.1) is 0 Å². The topological polar surface area (TPSA) is 3.24 Å². The normalized spacial score (nSPS) is 18.0. The molecule has 2 heteroatoms. The molecule has 0 atom stereocenters. The number of likely N-dealkylation sites (tertiary alicyclic amines) is 1. The minimum Gasteiger partial charge on any atom is -0.302 e. The Balaban J connectivity index is 0.00000121. The van der Waals surface area contributed by atoms with Gasteiger partial charge in [0.2, 0.25) is 0 Å². The molecule has 0 amide bonds. The van der Waals surface area contributed by atoms with E-state index < -0.39 is 0 Å². The lowest BCUT2D eigenvalue weighted by atomic mass is 9.90. The van der Waals surface area contributed by atoms with E-state index >= 15 is 0 Å². The van der Waals surface area contributed by atoms with Crippen LogP contribution in [0.15, 0.2) is 0 Å². The number of hydrogen-bond donors (Lipinski definition) is 0. The summed E-state index contributed by atoms with van der Waals surface area (Å²) in [5, 5.41) is 0. The summed E-state index contributed by atoms with van der Waals surface area (Å²) in [5.74, 6) is 3.22. The molecule has 0 saturated carbocycles. The first kappa shape index (κ1) is 17.3. The first-order valence-corrected chi connectivity index (χ1v) is 8.83. The van der Waals surface area contributed by atoms with E-state index in [1.54, 1.807) is 0 Å². The van der Waals surface area contributed by atoms with Crippen LogP contribution < -0.4 is 0 Å². The minimum absolute atomic E-state index is 0.888. The molecule has 17 heavy (non-hydrogen) atoms. The third-order valence-corrected chi connectivity index (χ3v) is 4.06. The number of rotatable bonds is 6. The fourth-order valence-corrected chi connectivity index (χ4v) is 2.73. The van der Waals surface area contributed by atoms with Crippen molar-refractivity contribution in [2.24, 2.45) is 11.8 Å². The highest BCUT2D eigenvalue weighted by molar-refractivity contribution is 7.98. The van der Waals surface area contributed by atoms with Gasteiger partial charge in [0.15, 0.2) is 0 Å². The lowest BCUT2D eigenvalue weighted by Crippen LogP contribution is -2.35. The Morgan fingerprint density at radius 3 is 2.24 bits per heavy atom. The molecule has 0 aromatic carbocycles. The predicted octanol–water partition coefficient (Wildman–Crippen LogP) is 4.52. The van der Waals surface area contributed by atoms with E-state index in [1.807, 2.05) is 25.6 Å². The number of thioether (sulfide) groups is 1. The molecule has 1 aliphatic rings. The number of hydrogen-bond acceptors (Lipinski definition) is 2. The van der Waals surface area contributed by atoms with E-state index in [0.29, 0.717) is 0 Å². The Hall–Kier alpha value is 0.310. The van der Waals surface area contributed by atoms with Crippen LogP contribution in [-0.2, 0) is 0 Å². The average Bonchev–Trinajstić information content (AvgIpc) is 2.37. The van der Waals surface area contributed by atoms with Crippen molar-refractivity contribution >= 4 is 11.8 Å². The molecule has 1 fully saturated rings. The maximum Gasteiger partial charge on any atom is 0.00722 e. The van der Waals surface area contributed by atoms with E-state index in [9.17, 15) is 0 Å². The lowest BCUT2D eigenvalue weighted by molar-refractivity contribution is 0.183. The molecule has 0 aromatic heterocycles. The standard InChI is InChI=1S/C13H27NS.C2H6/c1-12(2)4-5-13-6-8-14(9-7-13)10-11-15-3;1-2/h12-13H,4-11H2,1-3H3;1-2H3. The molecule has 0 bridgehead atoms. The number of nitrogens with zero attached hydrogens (tertiary/aromatic N) is 1. The first-order chi connectivity index (χ1) is 8.22. The maximum absolute atomic E-state index is 2.64. The van der Waals surface area contributed by atoms with Gasteiger partial charge >= 0.3 is 0 Å². The maximum atomic E-state index is 2.64. The Bertz CT molecular complexity index is 151. The van der Waals surface area contributed by atoms with Crippen LogP contribution in [0.1, 0.15) is 53.4 Å². The molecule has 0 spiro atoms. The second-order valence-electron chi connectivity index (χ2n) is 5.25. The van der Waals surface area contributed by atoms with E-state index in [4.69, 9.17) is 0 Å². The molecule has 1 saturated heterocycles. The zero-order valence-electron chi connectivity index (χ0n) is 12.7. The summed E-state index contributed by atoms with van der Waals surface area (Å²) < 4.78 is 0. The largest absolute Gasteiger partial charge is 0.302 e. The summed E-state index contributed by atoms with van der Waals surface area (Å²) in [7, 11) is 0. The van der Waals surface area contributed by atoms with Crippen molar-refractivity contribution in [1.29, 1.82) is 0 Å². The molecule has 104 valence electrons. The first-order valence-electron chi connectivity index (χ1n) is 7.43. The van der Waals surface area contributed by atoms with E-state index in [-0.39, 0.29) is 0 Å². The van der Waals surface area contributed by atoms with Gasteiger partial charge in [-0.2, -0.15) is 11.8 Å². The van der Waals surface area contributed by atoms with Crippen LogP contribution in [-0.4, -0.2) is 36.5 Å². The molecule has 0 aliphatic carbocycles. The van der Waals surface area contributed by atoms with Crippen molar-refractivity contribution in [3.8, 4) is 0 Å². The molecule has 0 unspecified atom stereocenters. The zero-order valence-corrected chi connectivity index (χ0v) is 13.5. The van der Waals surface area contributed by atoms with Gasteiger partial charge in [-0.25, -0.2) is 0 Å². The molecule has 0 aromatic rings. The van der Waals surface area contributed by atoms with Crippen LogP contribution in [0.5, 0.6) is 0 Å². The van der Waals surface area contributed by atoms with Gasteiger partial charge in [0, 0.05) is 12.3 Å². The summed E-state index contributed by atoms with van der Waals surface area (Å²) in [4.78, 5) is 2.64. The SMILES string of the molecule is CC.CSCCN1CCC(CCC(C)C)CC1. The second-order valence-corrected chi connectivity index (χ2v) is 6.23. The van der Waals surface area contributed by atoms with Crippen molar-refractivity contribution in [3.63, 3.8) is 0 Å². The van der Waals surface area contributed by atoms with Crippen LogP contribution in [0.4, 0.5) is 0 Å². The van der Waals surface area contributed by atoms with Crippen molar-refractivity contribution in [1.82, 2.24) is 4.90 Å². The average molecular weight is 260 g/mol. The van der Waals surface area contributed by atoms with Crippen LogP contribution >= 0.6 is 11.8 Å². The van der Waals surface area contributed by atoms with Gasteiger partial charge in [-0.15, -0.1) is 0 Å². The highest BCUT2D eigenvalue weighted by Gasteiger charge is 2.18. The van der Waals surface area contributed by atoms with Crippen molar-refractivity contribution in [3.05, 3.63) is 0 Å². The summed E-state index contributed by atoms with van der Waals surface area (Å²) in [6, 6.07) is 0. The molecule has 1 nitrogen and oxygen atoms in total. The van der Waals surface area contributed by atoms with Gasteiger partial charge in [-0.3, -0.25) is 0 Å². The van der Waals surface area contributed by atoms with Crippen molar-refractivity contribution in [2.45, 2.75) is 53.4 Å². The van der Waals surface area contributed by atoms with Crippen LogP contribution in [0.25, 0.3) is 0 Å². The summed E-state index contributed by atoms with van der Waals surface area (Å²) in [6.07, 6.45) is 7.99. The Labute approximate surface area is 114 Å². The van der Waals surface area contributed by atoms with Crippen molar-refractivity contribution < 1.29 is 0 Å². The van der Waals surface area contributed by atoms with Gasteiger partial charge in [0.25, 0.3) is 0 Å². The molecule has 0 N–H and O–H groups in total. The van der Waals surface area contributed by atoms with Gasteiger partial charge < -0.3 is 4.90 Å². The third kappa shape index (κ3) is 8.96. The van der Waals surface area contributed by atoms with E-state index in [0.717, 1.165) is 11.8 Å². The van der Waals surface area contributed by atoms with Gasteiger partial charge in [0.1, 0.15) is 0 Å². The number of piperidine rings is 1. The quantitative estimate of drug-likeness (QED) is 0.690. The Morgan fingerprint density at radius 2 is 1.76 bits per heavy atom. The van der Waals surface area contributed by atoms with E-state index in [2.05, 4.69) is 25.0 Å². The molecule has 1 aliphatic heterocycles. The lowest BCUT2D eigenvalue weighted by Gasteiger charge is -2.32. The molecular formula is C15H33NS. The van der Waals surface area contributed by atoms with Crippen LogP contribution in [0.2, 0.25) is 0 Å². The van der Waals surface area contributed by atoms with E-state index in [1.165, 1.54) is 51.1 Å². The smallest absolute Gasteiger partial charge is 0.00722 e. The highest BCUT2D eigenvalue weighted by atomic mass is 32.2. The highest BCUT2D eigenvalue weighted by Crippen LogP contribution is 2.23. The molecule has 1 rings (SSSR count). The molecule has 0 radical (unpaired) electrons. The van der Waals surface area contributed by atoms with Crippen LogP contribution in [0, 0.1) is 11.8 Å². The predicted molar refractivity (Wildman–Crippen MR) is 83.0 cm³/mol. The Kier molecular flexibility index (Phi) is 11.6. The summed E-state index contributed by atoms with van der Waals surface area (Å²) in [5.41, 5.74) is 0. The van der Waals surface area contributed by atoms with Gasteiger partial charge in [-0.1, -0.05) is 40.5 Å². The second kappa shape index (κ2) is 11.4. The summed E-state index contributed by atoms with van der Waals surface area (Å²) in [6.45, 7) is 12.7. The monoisotopic (exact) mass is 259 g/mol. The molecular weight excluding hydrogens is 226 g/mol.